The third kappa shape index (κ3) is 7.28. The minimum Gasteiger partial charge on any atom is -0.493 e. The van der Waals surface area contributed by atoms with Crippen molar-refractivity contribution in [2.75, 3.05) is 20.8 Å². The number of hydrogen-bond acceptors (Lipinski definition) is 9. The number of rotatable bonds is 11. The van der Waals surface area contributed by atoms with Gasteiger partial charge in [0.15, 0.2) is 27.8 Å². The number of benzene rings is 3. The van der Waals surface area contributed by atoms with E-state index < -0.39 is 12.0 Å². The molecule has 12 heteroatoms. The molecule has 3 aromatic carbocycles. The number of nitrogens with zero attached hydrogens (tertiary/aromatic N) is 2. The highest BCUT2D eigenvalue weighted by Crippen LogP contribution is 2.38. The number of ether oxygens (including phenoxy) is 5. The van der Waals surface area contributed by atoms with Crippen LogP contribution in [0.1, 0.15) is 50.4 Å². The van der Waals surface area contributed by atoms with Crippen LogP contribution in [-0.4, -0.2) is 37.5 Å². The van der Waals surface area contributed by atoms with Crippen LogP contribution < -0.4 is 33.8 Å². The summed E-state index contributed by atoms with van der Waals surface area (Å²) in [5, 5.41) is 0. The Balaban J connectivity index is 1.59. The molecule has 4 aromatic rings. The monoisotopic (exact) mass is 724 g/mol. The third-order valence-corrected chi connectivity index (χ3v) is 8.80. The summed E-state index contributed by atoms with van der Waals surface area (Å²) in [7, 11) is 3.06. The molecule has 9 nitrogen and oxygen atoms in total. The van der Waals surface area contributed by atoms with E-state index in [2.05, 4.69) is 20.9 Å². The molecule has 2 heterocycles. The van der Waals surface area contributed by atoms with E-state index in [0.717, 1.165) is 5.56 Å². The molecule has 0 radical (unpaired) electrons. The first-order chi connectivity index (χ1) is 22.5. The summed E-state index contributed by atoms with van der Waals surface area (Å²) in [6.07, 6.45) is 1.65. The number of methoxy groups -OCH3 is 2. The fourth-order valence-corrected chi connectivity index (χ4v) is 6.78. The molecule has 5 rings (SSSR count). The maximum absolute atomic E-state index is 14.1. The fourth-order valence-electron chi connectivity index (χ4n) is 5.16. The lowest BCUT2D eigenvalue weighted by atomic mass is 9.95. The molecule has 47 heavy (non-hydrogen) atoms. The average molecular weight is 726 g/mol. The molecule has 246 valence electrons. The number of aromatic nitrogens is 1. The molecule has 0 N–H and O–H groups in total. The predicted molar refractivity (Wildman–Crippen MR) is 181 cm³/mol. The van der Waals surface area contributed by atoms with Gasteiger partial charge in [0.25, 0.3) is 5.56 Å². The fraction of sp³-hybridized carbons (Fsp3) is 0.286. The van der Waals surface area contributed by atoms with Crippen molar-refractivity contribution in [2.24, 2.45) is 4.99 Å². The Kier molecular flexibility index (Phi) is 10.5. The SMILES string of the molecule is CCOC(=O)C1=C(C)N=c2s/c(=C\c3cc(Br)c(OCc4ccc(F)cc4)c(OC)c3)c(=O)n2[C@H]1c1ccc(OC(C)C)c(OC)c1. The van der Waals surface area contributed by atoms with Gasteiger partial charge in [-0.25, -0.2) is 14.2 Å². The number of fused-ring (bicyclic) bond motifs is 1. The Morgan fingerprint density at radius 2 is 1.79 bits per heavy atom. The van der Waals surface area contributed by atoms with Gasteiger partial charge in [-0.1, -0.05) is 29.5 Å². The highest BCUT2D eigenvalue weighted by atomic mass is 79.9. The van der Waals surface area contributed by atoms with Crippen LogP contribution in [0.25, 0.3) is 6.08 Å². The second kappa shape index (κ2) is 14.6. The maximum Gasteiger partial charge on any atom is 0.338 e. The molecule has 0 unspecified atom stereocenters. The predicted octanol–water partition coefficient (Wildman–Crippen LogP) is 6.08. The van der Waals surface area contributed by atoms with E-state index >= 15 is 0 Å². The lowest BCUT2D eigenvalue weighted by Gasteiger charge is -2.25. The van der Waals surface area contributed by atoms with Crippen molar-refractivity contribution in [3.8, 4) is 23.0 Å². The van der Waals surface area contributed by atoms with Gasteiger partial charge < -0.3 is 23.7 Å². The minimum atomic E-state index is -0.821. The van der Waals surface area contributed by atoms with Crippen LogP contribution in [-0.2, 0) is 16.1 Å². The normalized spacial score (nSPS) is 14.5. The van der Waals surface area contributed by atoms with Crippen LogP contribution in [0.4, 0.5) is 4.39 Å². The Morgan fingerprint density at radius 3 is 2.45 bits per heavy atom. The molecular formula is C35H34BrFN2O7S. The molecule has 0 aliphatic carbocycles. The summed E-state index contributed by atoms with van der Waals surface area (Å²) < 4.78 is 44.4. The van der Waals surface area contributed by atoms with Gasteiger partial charge in [0.05, 0.1) is 53.2 Å². The zero-order valence-electron chi connectivity index (χ0n) is 26.8. The van der Waals surface area contributed by atoms with Crippen molar-refractivity contribution in [2.45, 2.75) is 46.4 Å². The van der Waals surface area contributed by atoms with Crippen LogP contribution >= 0.6 is 27.3 Å². The first kappa shape index (κ1) is 33.9. The number of allylic oxidation sites excluding steroid dienone is 1. The number of carbonyl (C=O) groups is 1. The molecule has 0 saturated carbocycles. The van der Waals surface area contributed by atoms with E-state index in [1.54, 1.807) is 50.3 Å². The summed E-state index contributed by atoms with van der Waals surface area (Å²) in [5.74, 6) is 1.03. The van der Waals surface area contributed by atoms with Crippen molar-refractivity contribution in [1.82, 2.24) is 4.57 Å². The number of halogens is 2. The topological polar surface area (TPSA) is 97.6 Å². The van der Waals surface area contributed by atoms with Gasteiger partial charge in [0.1, 0.15) is 12.4 Å². The third-order valence-electron chi connectivity index (χ3n) is 7.23. The van der Waals surface area contributed by atoms with Gasteiger partial charge in [0.2, 0.25) is 0 Å². The Morgan fingerprint density at radius 1 is 1.06 bits per heavy atom. The lowest BCUT2D eigenvalue weighted by molar-refractivity contribution is -0.139. The van der Waals surface area contributed by atoms with E-state index in [1.165, 1.54) is 42.3 Å². The van der Waals surface area contributed by atoms with Crippen molar-refractivity contribution in [3.63, 3.8) is 0 Å². The molecule has 0 spiro atoms. The van der Waals surface area contributed by atoms with Crippen LogP contribution in [0.2, 0.25) is 0 Å². The van der Waals surface area contributed by atoms with Gasteiger partial charge in [-0.15, -0.1) is 0 Å². The van der Waals surface area contributed by atoms with Crippen LogP contribution in [0.15, 0.2) is 80.1 Å². The zero-order valence-corrected chi connectivity index (χ0v) is 29.2. The summed E-state index contributed by atoms with van der Waals surface area (Å²) >= 11 is 4.78. The first-order valence-corrected chi connectivity index (χ1v) is 16.4. The van der Waals surface area contributed by atoms with E-state index in [0.29, 0.717) is 53.6 Å². The maximum atomic E-state index is 14.1. The molecule has 0 fully saturated rings. The minimum absolute atomic E-state index is 0.0845. The van der Waals surface area contributed by atoms with Crippen LogP contribution in [0, 0.1) is 5.82 Å². The summed E-state index contributed by atoms with van der Waals surface area (Å²) in [5.41, 5.74) is 2.48. The molecular weight excluding hydrogens is 691 g/mol. The Bertz CT molecular complexity index is 2020. The smallest absolute Gasteiger partial charge is 0.338 e. The summed E-state index contributed by atoms with van der Waals surface area (Å²) in [6, 6.07) is 14.1. The summed E-state index contributed by atoms with van der Waals surface area (Å²) in [4.78, 5) is 32.6. The number of esters is 1. The Labute approximate surface area is 283 Å². The van der Waals surface area contributed by atoms with Crippen molar-refractivity contribution in [3.05, 3.63) is 113 Å². The van der Waals surface area contributed by atoms with Gasteiger partial charge in [-0.3, -0.25) is 9.36 Å². The van der Waals surface area contributed by atoms with Gasteiger partial charge in [-0.2, -0.15) is 0 Å². The van der Waals surface area contributed by atoms with Crippen molar-refractivity contribution in [1.29, 1.82) is 0 Å². The highest BCUT2D eigenvalue weighted by molar-refractivity contribution is 9.10. The number of thiazole rings is 1. The van der Waals surface area contributed by atoms with Crippen molar-refractivity contribution >= 4 is 39.3 Å². The van der Waals surface area contributed by atoms with Crippen molar-refractivity contribution < 1.29 is 32.9 Å². The van der Waals surface area contributed by atoms with Gasteiger partial charge in [0, 0.05) is 0 Å². The largest absolute Gasteiger partial charge is 0.493 e. The molecule has 0 amide bonds. The molecule has 0 bridgehead atoms. The highest BCUT2D eigenvalue weighted by Gasteiger charge is 2.34. The Hall–Kier alpha value is -4.42. The van der Waals surface area contributed by atoms with Gasteiger partial charge in [-0.05, 0) is 103 Å². The molecule has 1 atom stereocenters. The second-order valence-corrected chi connectivity index (χ2v) is 12.7. The standard InChI is InChI=1S/C35H34BrFN2O7S/c1-7-44-34(41)30-20(4)38-35-39(31(30)23-10-13-26(46-19(2)3)27(17-23)42-5)33(40)29(47-35)16-22-14-25(36)32(28(15-22)43-6)45-18-21-8-11-24(37)12-9-21/h8-17,19,31H,7,18H2,1-6H3/b29-16-/t31-/m0/s1. The second-order valence-electron chi connectivity index (χ2n) is 10.8. The van der Waals surface area contributed by atoms with E-state index in [1.807, 2.05) is 26.0 Å². The van der Waals surface area contributed by atoms with E-state index in [9.17, 15) is 14.0 Å². The lowest BCUT2D eigenvalue weighted by Crippen LogP contribution is -2.40. The van der Waals surface area contributed by atoms with E-state index in [4.69, 9.17) is 23.7 Å². The average Bonchev–Trinajstić information content (AvgIpc) is 3.34. The van der Waals surface area contributed by atoms with Crippen LogP contribution in [0.5, 0.6) is 23.0 Å². The molecule has 1 aromatic heterocycles. The van der Waals surface area contributed by atoms with Crippen LogP contribution in [0.3, 0.4) is 0 Å². The van der Waals surface area contributed by atoms with E-state index in [-0.39, 0.29) is 36.3 Å². The first-order valence-electron chi connectivity index (χ1n) is 14.8. The number of hydrogen-bond donors (Lipinski definition) is 0. The number of carbonyl (C=O) groups excluding carboxylic acids is 1. The molecule has 0 saturated heterocycles. The van der Waals surface area contributed by atoms with Gasteiger partial charge >= 0.3 is 5.97 Å². The zero-order chi connectivity index (χ0) is 33.8. The molecule has 1 aliphatic heterocycles. The molecule has 1 aliphatic rings. The summed E-state index contributed by atoms with van der Waals surface area (Å²) in [6.45, 7) is 7.65. The quantitative estimate of drug-likeness (QED) is 0.173.